The molecule has 2 aliphatic rings. The van der Waals surface area contributed by atoms with E-state index in [-0.39, 0.29) is 35.2 Å². The van der Waals surface area contributed by atoms with Crippen molar-refractivity contribution in [3.8, 4) is 0 Å². The standard InChI is InChI=1S/C21H24N2O5/c1-21(2,3)11-13(24)6-4-12-5-7-14-15(10-12)20(28)23(19(14)27)16-8-9-17(25)22-18(16)26/h5,7,10,16H,4,6,8-9,11H2,1-3H3,(H,22,25,26). The zero-order valence-electron chi connectivity index (χ0n) is 16.3. The number of nitrogens with zero attached hydrogens (tertiary/aromatic N) is 1. The molecule has 0 aromatic heterocycles. The van der Waals surface area contributed by atoms with Gasteiger partial charge in [-0.1, -0.05) is 26.8 Å². The molecule has 1 aromatic rings. The summed E-state index contributed by atoms with van der Waals surface area (Å²) in [4.78, 5) is 61.9. The molecule has 1 N–H and O–H groups in total. The number of amides is 4. The monoisotopic (exact) mass is 384 g/mol. The number of rotatable bonds is 5. The molecular weight excluding hydrogens is 360 g/mol. The second-order valence-corrected chi connectivity index (χ2v) is 8.60. The number of carbonyl (C=O) groups is 5. The van der Waals surface area contributed by atoms with Crippen LogP contribution in [0.5, 0.6) is 0 Å². The Morgan fingerprint density at radius 2 is 1.79 bits per heavy atom. The predicted molar refractivity (Wildman–Crippen MR) is 101 cm³/mol. The summed E-state index contributed by atoms with van der Waals surface area (Å²) in [6.45, 7) is 6.02. The van der Waals surface area contributed by atoms with E-state index in [2.05, 4.69) is 5.32 Å². The lowest BCUT2D eigenvalue weighted by molar-refractivity contribution is -0.136. The molecule has 0 aliphatic carbocycles. The van der Waals surface area contributed by atoms with Crippen LogP contribution in [0.2, 0.25) is 0 Å². The molecular formula is C21H24N2O5. The molecule has 1 saturated heterocycles. The molecule has 0 spiro atoms. The molecule has 7 nitrogen and oxygen atoms in total. The van der Waals surface area contributed by atoms with Crippen LogP contribution in [-0.4, -0.2) is 40.4 Å². The number of piperidine rings is 1. The Balaban J connectivity index is 1.74. The summed E-state index contributed by atoms with van der Waals surface area (Å²) < 4.78 is 0. The van der Waals surface area contributed by atoms with Crippen molar-refractivity contribution < 1.29 is 24.0 Å². The second-order valence-electron chi connectivity index (χ2n) is 8.60. The van der Waals surface area contributed by atoms with Gasteiger partial charge in [0, 0.05) is 19.3 Å². The second kappa shape index (κ2) is 7.30. The fourth-order valence-electron chi connectivity index (χ4n) is 3.64. The first-order valence-electron chi connectivity index (χ1n) is 9.43. The lowest BCUT2D eigenvalue weighted by Crippen LogP contribution is -2.54. The molecule has 1 fully saturated rings. The van der Waals surface area contributed by atoms with Crippen LogP contribution < -0.4 is 5.32 Å². The summed E-state index contributed by atoms with van der Waals surface area (Å²) in [6, 6.07) is 3.97. The SMILES string of the molecule is CC(C)(C)CC(=O)CCc1ccc2c(c1)C(=O)N(C1CCC(=O)NC1=O)C2=O. The molecule has 1 atom stereocenters. The van der Waals surface area contributed by atoms with Gasteiger partial charge in [0.05, 0.1) is 11.1 Å². The van der Waals surface area contributed by atoms with Crippen molar-refractivity contribution in [1.29, 1.82) is 0 Å². The number of aryl methyl sites for hydroxylation is 1. The van der Waals surface area contributed by atoms with E-state index in [1.807, 2.05) is 20.8 Å². The highest BCUT2D eigenvalue weighted by molar-refractivity contribution is 6.23. The zero-order valence-corrected chi connectivity index (χ0v) is 16.3. The minimum absolute atomic E-state index is 0.0696. The van der Waals surface area contributed by atoms with Crippen molar-refractivity contribution >= 4 is 29.4 Å². The van der Waals surface area contributed by atoms with Gasteiger partial charge in [0.15, 0.2) is 0 Å². The average Bonchev–Trinajstić information content (AvgIpc) is 2.83. The Kier molecular flexibility index (Phi) is 5.19. The Morgan fingerprint density at radius 3 is 2.43 bits per heavy atom. The van der Waals surface area contributed by atoms with Crippen LogP contribution >= 0.6 is 0 Å². The van der Waals surface area contributed by atoms with Crippen molar-refractivity contribution in [3.63, 3.8) is 0 Å². The summed E-state index contributed by atoms with van der Waals surface area (Å²) in [5.41, 5.74) is 1.22. The minimum atomic E-state index is -0.970. The highest BCUT2D eigenvalue weighted by Gasteiger charge is 2.44. The fourth-order valence-corrected chi connectivity index (χ4v) is 3.64. The van der Waals surface area contributed by atoms with E-state index >= 15 is 0 Å². The minimum Gasteiger partial charge on any atom is -0.300 e. The number of ketones is 1. The topological polar surface area (TPSA) is 101 Å². The summed E-state index contributed by atoms with van der Waals surface area (Å²) in [6.07, 6.45) is 1.56. The maximum atomic E-state index is 12.8. The molecule has 148 valence electrons. The van der Waals surface area contributed by atoms with E-state index in [4.69, 9.17) is 0 Å². The first-order chi connectivity index (χ1) is 13.1. The highest BCUT2D eigenvalue weighted by atomic mass is 16.2. The van der Waals surface area contributed by atoms with Gasteiger partial charge < -0.3 is 0 Å². The van der Waals surface area contributed by atoms with Gasteiger partial charge in [-0.3, -0.25) is 34.2 Å². The molecule has 4 amide bonds. The summed E-state index contributed by atoms with van der Waals surface area (Å²) in [7, 11) is 0. The van der Waals surface area contributed by atoms with Gasteiger partial charge in [-0.25, -0.2) is 0 Å². The number of fused-ring (bicyclic) bond motifs is 1. The number of carbonyl (C=O) groups excluding carboxylic acids is 5. The van der Waals surface area contributed by atoms with E-state index in [1.165, 1.54) is 0 Å². The summed E-state index contributed by atoms with van der Waals surface area (Å²) >= 11 is 0. The number of hydrogen-bond acceptors (Lipinski definition) is 5. The Bertz CT molecular complexity index is 881. The van der Waals surface area contributed by atoms with Gasteiger partial charge in [0.1, 0.15) is 11.8 Å². The molecule has 0 radical (unpaired) electrons. The fraction of sp³-hybridized carbons (Fsp3) is 0.476. The predicted octanol–water partition coefficient (Wildman–Crippen LogP) is 2.03. The van der Waals surface area contributed by atoms with Gasteiger partial charge in [0.2, 0.25) is 11.8 Å². The molecule has 2 aliphatic heterocycles. The number of hydrogen-bond donors (Lipinski definition) is 1. The van der Waals surface area contributed by atoms with Crippen LogP contribution in [0.25, 0.3) is 0 Å². The third-order valence-corrected chi connectivity index (χ3v) is 4.92. The lowest BCUT2D eigenvalue weighted by Gasteiger charge is -2.27. The highest BCUT2D eigenvalue weighted by Crippen LogP contribution is 2.29. The smallest absolute Gasteiger partial charge is 0.262 e. The van der Waals surface area contributed by atoms with Gasteiger partial charge >= 0.3 is 0 Å². The van der Waals surface area contributed by atoms with Gasteiger partial charge in [-0.2, -0.15) is 0 Å². The van der Waals surface area contributed by atoms with Gasteiger partial charge in [0.25, 0.3) is 11.8 Å². The Hall–Kier alpha value is -2.83. The van der Waals surface area contributed by atoms with Crippen molar-refractivity contribution in [2.75, 3.05) is 0 Å². The summed E-state index contributed by atoms with van der Waals surface area (Å²) in [5, 5.41) is 2.18. The molecule has 1 aromatic carbocycles. The molecule has 0 saturated carbocycles. The van der Waals surface area contributed by atoms with Crippen LogP contribution in [0.3, 0.4) is 0 Å². The Morgan fingerprint density at radius 1 is 1.11 bits per heavy atom. The molecule has 0 bridgehead atoms. The largest absolute Gasteiger partial charge is 0.300 e. The maximum Gasteiger partial charge on any atom is 0.262 e. The van der Waals surface area contributed by atoms with Gasteiger partial charge in [-0.05, 0) is 36.0 Å². The molecule has 1 unspecified atom stereocenters. The van der Waals surface area contributed by atoms with E-state index in [1.54, 1.807) is 18.2 Å². The van der Waals surface area contributed by atoms with Crippen LogP contribution in [-0.2, 0) is 20.8 Å². The van der Waals surface area contributed by atoms with E-state index < -0.39 is 29.7 Å². The zero-order chi connectivity index (χ0) is 20.6. The Labute approximate surface area is 163 Å². The lowest BCUT2D eigenvalue weighted by atomic mass is 9.88. The molecule has 2 heterocycles. The van der Waals surface area contributed by atoms with E-state index in [0.717, 1.165) is 10.5 Å². The molecule has 28 heavy (non-hydrogen) atoms. The van der Waals surface area contributed by atoms with Crippen molar-refractivity contribution in [3.05, 3.63) is 34.9 Å². The third-order valence-electron chi connectivity index (χ3n) is 4.92. The normalized spacial score (nSPS) is 19.7. The van der Waals surface area contributed by atoms with Crippen LogP contribution in [0.1, 0.15) is 72.7 Å². The number of Topliss-reactive ketones (excluding diaryl/α,β-unsaturated/α-hetero) is 1. The third kappa shape index (κ3) is 4.03. The summed E-state index contributed by atoms with van der Waals surface area (Å²) in [5.74, 6) is -1.93. The van der Waals surface area contributed by atoms with E-state index in [0.29, 0.717) is 19.3 Å². The number of benzene rings is 1. The first kappa shape index (κ1) is 19.9. The van der Waals surface area contributed by atoms with Gasteiger partial charge in [-0.15, -0.1) is 0 Å². The van der Waals surface area contributed by atoms with Crippen molar-refractivity contribution in [2.24, 2.45) is 5.41 Å². The van der Waals surface area contributed by atoms with Crippen molar-refractivity contribution in [2.45, 2.75) is 58.9 Å². The van der Waals surface area contributed by atoms with Crippen molar-refractivity contribution in [1.82, 2.24) is 10.2 Å². The molecule has 7 heteroatoms. The van der Waals surface area contributed by atoms with Crippen LogP contribution in [0.4, 0.5) is 0 Å². The molecule has 3 rings (SSSR count). The van der Waals surface area contributed by atoms with Crippen LogP contribution in [0, 0.1) is 5.41 Å². The quantitative estimate of drug-likeness (QED) is 0.783. The average molecular weight is 384 g/mol. The maximum absolute atomic E-state index is 12.8. The first-order valence-corrected chi connectivity index (χ1v) is 9.43. The number of imide groups is 2. The number of nitrogens with one attached hydrogen (secondary N) is 1. The van der Waals surface area contributed by atoms with E-state index in [9.17, 15) is 24.0 Å². The van der Waals surface area contributed by atoms with Crippen LogP contribution in [0.15, 0.2) is 18.2 Å².